The van der Waals surface area contributed by atoms with Crippen LogP contribution < -0.4 is 11.1 Å². The SMILES string of the molecule is CCOC(=O)c1cc(NCCCC2CC2)ccc1N. The molecule has 4 heteroatoms. The molecule has 0 spiro atoms. The molecule has 1 aromatic rings. The van der Waals surface area contributed by atoms with Crippen molar-refractivity contribution in [2.24, 2.45) is 5.92 Å². The molecule has 0 amide bonds. The molecule has 0 atom stereocenters. The third kappa shape index (κ3) is 4.16. The number of hydrogen-bond acceptors (Lipinski definition) is 4. The summed E-state index contributed by atoms with van der Waals surface area (Å²) in [6, 6.07) is 5.41. The highest BCUT2D eigenvalue weighted by molar-refractivity contribution is 5.96. The number of benzene rings is 1. The van der Waals surface area contributed by atoms with Gasteiger partial charge in [-0.1, -0.05) is 12.8 Å². The van der Waals surface area contributed by atoms with Crippen LogP contribution in [-0.4, -0.2) is 19.1 Å². The number of carbonyl (C=O) groups excluding carboxylic acids is 1. The van der Waals surface area contributed by atoms with Crippen LogP contribution in [0.25, 0.3) is 0 Å². The van der Waals surface area contributed by atoms with Gasteiger partial charge in [-0.05, 0) is 43.9 Å². The minimum atomic E-state index is -0.360. The summed E-state index contributed by atoms with van der Waals surface area (Å²) in [6.07, 6.45) is 5.26. The number of rotatable bonds is 7. The summed E-state index contributed by atoms with van der Waals surface area (Å²) < 4.78 is 4.98. The van der Waals surface area contributed by atoms with Gasteiger partial charge in [-0.2, -0.15) is 0 Å². The average Bonchev–Trinajstić information content (AvgIpc) is 3.21. The first-order valence-corrected chi connectivity index (χ1v) is 7.01. The number of anilines is 2. The lowest BCUT2D eigenvalue weighted by atomic mass is 10.1. The molecular formula is C15H22N2O2. The van der Waals surface area contributed by atoms with E-state index in [4.69, 9.17) is 10.5 Å². The van der Waals surface area contributed by atoms with Crippen molar-refractivity contribution in [3.8, 4) is 0 Å². The van der Waals surface area contributed by atoms with Crippen LogP contribution >= 0.6 is 0 Å². The highest BCUT2D eigenvalue weighted by Gasteiger charge is 2.20. The molecule has 1 saturated carbocycles. The molecule has 1 aliphatic rings. The van der Waals surface area contributed by atoms with Crippen molar-refractivity contribution >= 4 is 17.3 Å². The molecule has 1 fully saturated rings. The Morgan fingerprint density at radius 2 is 2.26 bits per heavy atom. The molecule has 0 radical (unpaired) electrons. The Kier molecular flexibility index (Phi) is 4.66. The maximum absolute atomic E-state index is 11.7. The molecule has 0 unspecified atom stereocenters. The predicted molar refractivity (Wildman–Crippen MR) is 77.3 cm³/mol. The van der Waals surface area contributed by atoms with Crippen LogP contribution in [0.5, 0.6) is 0 Å². The second-order valence-electron chi connectivity index (χ2n) is 5.03. The number of nitrogen functional groups attached to an aromatic ring is 1. The molecular weight excluding hydrogens is 240 g/mol. The minimum Gasteiger partial charge on any atom is -0.462 e. The molecule has 104 valence electrons. The Balaban J connectivity index is 1.88. The van der Waals surface area contributed by atoms with Gasteiger partial charge in [0.05, 0.1) is 12.2 Å². The highest BCUT2D eigenvalue weighted by Crippen LogP contribution is 2.33. The zero-order valence-electron chi connectivity index (χ0n) is 11.4. The number of ether oxygens (including phenoxy) is 1. The molecule has 2 rings (SSSR count). The lowest BCUT2D eigenvalue weighted by Gasteiger charge is -2.10. The Morgan fingerprint density at radius 1 is 1.47 bits per heavy atom. The summed E-state index contributed by atoms with van der Waals surface area (Å²) in [5.41, 5.74) is 7.62. The second kappa shape index (κ2) is 6.45. The Hall–Kier alpha value is -1.71. The van der Waals surface area contributed by atoms with Gasteiger partial charge in [-0.3, -0.25) is 0 Å². The van der Waals surface area contributed by atoms with E-state index in [-0.39, 0.29) is 5.97 Å². The highest BCUT2D eigenvalue weighted by atomic mass is 16.5. The van der Waals surface area contributed by atoms with Gasteiger partial charge in [0, 0.05) is 17.9 Å². The number of nitrogens with one attached hydrogen (secondary N) is 1. The van der Waals surface area contributed by atoms with E-state index in [2.05, 4.69) is 5.32 Å². The molecule has 1 aliphatic carbocycles. The first kappa shape index (κ1) is 13.7. The van der Waals surface area contributed by atoms with Crippen molar-refractivity contribution in [3.05, 3.63) is 23.8 Å². The smallest absolute Gasteiger partial charge is 0.340 e. The molecule has 0 aromatic heterocycles. The van der Waals surface area contributed by atoms with E-state index in [0.29, 0.717) is 17.9 Å². The van der Waals surface area contributed by atoms with Gasteiger partial charge in [-0.15, -0.1) is 0 Å². The van der Waals surface area contributed by atoms with Crippen molar-refractivity contribution < 1.29 is 9.53 Å². The summed E-state index contributed by atoms with van der Waals surface area (Å²) in [4.78, 5) is 11.7. The summed E-state index contributed by atoms with van der Waals surface area (Å²) in [5.74, 6) is 0.602. The maximum atomic E-state index is 11.7. The van der Waals surface area contributed by atoms with Crippen LogP contribution in [0.15, 0.2) is 18.2 Å². The van der Waals surface area contributed by atoms with Gasteiger partial charge >= 0.3 is 5.97 Å². The van der Waals surface area contributed by atoms with Crippen LogP contribution in [-0.2, 0) is 4.74 Å². The van der Waals surface area contributed by atoms with E-state index in [0.717, 1.165) is 18.2 Å². The normalized spacial score (nSPS) is 14.2. The zero-order chi connectivity index (χ0) is 13.7. The van der Waals surface area contributed by atoms with Gasteiger partial charge in [-0.25, -0.2) is 4.79 Å². The number of hydrogen-bond donors (Lipinski definition) is 2. The number of carbonyl (C=O) groups is 1. The number of nitrogens with two attached hydrogens (primary N) is 1. The topological polar surface area (TPSA) is 64.3 Å². The first-order valence-electron chi connectivity index (χ1n) is 7.01. The molecule has 0 heterocycles. The van der Waals surface area contributed by atoms with Crippen molar-refractivity contribution in [2.75, 3.05) is 24.2 Å². The Bertz CT molecular complexity index is 442. The van der Waals surface area contributed by atoms with Crippen molar-refractivity contribution in [3.63, 3.8) is 0 Å². The van der Waals surface area contributed by atoms with Crippen LogP contribution in [0.3, 0.4) is 0 Å². The molecule has 0 aliphatic heterocycles. The number of esters is 1. The average molecular weight is 262 g/mol. The van der Waals surface area contributed by atoms with Crippen LogP contribution in [0.2, 0.25) is 0 Å². The fourth-order valence-corrected chi connectivity index (χ4v) is 2.08. The lowest BCUT2D eigenvalue weighted by Crippen LogP contribution is -2.09. The van der Waals surface area contributed by atoms with Crippen molar-refractivity contribution in [2.45, 2.75) is 32.6 Å². The largest absolute Gasteiger partial charge is 0.462 e. The fraction of sp³-hybridized carbons (Fsp3) is 0.533. The van der Waals surface area contributed by atoms with Crippen LogP contribution in [0.1, 0.15) is 43.0 Å². The fourth-order valence-electron chi connectivity index (χ4n) is 2.08. The van der Waals surface area contributed by atoms with E-state index >= 15 is 0 Å². The van der Waals surface area contributed by atoms with Crippen molar-refractivity contribution in [1.82, 2.24) is 0 Å². The van der Waals surface area contributed by atoms with Gasteiger partial charge < -0.3 is 15.8 Å². The second-order valence-corrected chi connectivity index (χ2v) is 5.03. The standard InChI is InChI=1S/C15H22N2O2/c1-2-19-15(18)13-10-12(7-8-14(13)16)17-9-3-4-11-5-6-11/h7-8,10-11,17H,2-6,9,16H2,1H3. The molecule has 0 saturated heterocycles. The molecule has 19 heavy (non-hydrogen) atoms. The van der Waals surface area contributed by atoms with E-state index in [9.17, 15) is 4.79 Å². The van der Waals surface area contributed by atoms with Gasteiger partial charge in [0.1, 0.15) is 0 Å². The summed E-state index contributed by atoms with van der Waals surface area (Å²) in [5, 5.41) is 3.33. The minimum absolute atomic E-state index is 0.358. The van der Waals surface area contributed by atoms with Crippen molar-refractivity contribution in [1.29, 1.82) is 0 Å². The predicted octanol–water partition coefficient (Wildman–Crippen LogP) is 3.05. The molecule has 4 nitrogen and oxygen atoms in total. The van der Waals surface area contributed by atoms with E-state index in [1.165, 1.54) is 25.7 Å². The molecule has 1 aromatic carbocycles. The third-order valence-corrected chi connectivity index (χ3v) is 3.36. The monoisotopic (exact) mass is 262 g/mol. The lowest BCUT2D eigenvalue weighted by molar-refractivity contribution is 0.0527. The van der Waals surface area contributed by atoms with Gasteiger partial charge in [0.25, 0.3) is 0 Å². The Morgan fingerprint density at radius 3 is 2.95 bits per heavy atom. The summed E-state index contributed by atoms with van der Waals surface area (Å²) in [7, 11) is 0. The summed E-state index contributed by atoms with van der Waals surface area (Å²) >= 11 is 0. The van der Waals surface area contributed by atoms with Gasteiger partial charge in [0.2, 0.25) is 0 Å². The van der Waals surface area contributed by atoms with E-state index in [1.54, 1.807) is 19.1 Å². The molecule has 3 N–H and O–H groups in total. The Labute approximate surface area is 114 Å². The van der Waals surface area contributed by atoms with Gasteiger partial charge in [0.15, 0.2) is 0 Å². The van der Waals surface area contributed by atoms with Crippen LogP contribution in [0.4, 0.5) is 11.4 Å². The quantitative estimate of drug-likeness (QED) is 0.450. The van der Waals surface area contributed by atoms with E-state index in [1.807, 2.05) is 6.07 Å². The third-order valence-electron chi connectivity index (χ3n) is 3.36. The van der Waals surface area contributed by atoms with E-state index < -0.39 is 0 Å². The first-order chi connectivity index (χ1) is 9.20. The van der Waals surface area contributed by atoms with Crippen LogP contribution in [0, 0.1) is 5.92 Å². The zero-order valence-corrected chi connectivity index (χ0v) is 11.4. The molecule has 0 bridgehead atoms. The maximum Gasteiger partial charge on any atom is 0.340 e. The summed E-state index contributed by atoms with van der Waals surface area (Å²) in [6.45, 7) is 3.08.